The Morgan fingerprint density at radius 3 is 2.27 bits per heavy atom. The highest BCUT2D eigenvalue weighted by molar-refractivity contribution is 5.69. The predicted octanol–water partition coefficient (Wildman–Crippen LogP) is -3.73. The summed E-state index contributed by atoms with van der Waals surface area (Å²) in [5.41, 5.74) is 3.26. The van der Waals surface area contributed by atoms with Crippen molar-refractivity contribution in [2.75, 3.05) is 0 Å². The first-order chi connectivity index (χ1) is 5.04. The van der Waals surface area contributed by atoms with E-state index in [4.69, 9.17) is 0 Å². The van der Waals surface area contributed by atoms with Gasteiger partial charge in [-0.05, 0) is 12.8 Å². The van der Waals surface area contributed by atoms with E-state index in [0.717, 1.165) is 0 Å². The highest BCUT2D eigenvalue weighted by atomic mass is 16.4. The van der Waals surface area contributed by atoms with Gasteiger partial charge in [-0.25, -0.2) is 0 Å². The fourth-order valence-electron chi connectivity index (χ4n) is 0.611. The van der Waals surface area contributed by atoms with Gasteiger partial charge in [-0.1, -0.05) is 0 Å². The van der Waals surface area contributed by atoms with E-state index in [1.807, 2.05) is 0 Å². The Morgan fingerprint density at radius 2 is 1.91 bits per heavy atom. The van der Waals surface area contributed by atoms with Crippen LogP contribution >= 0.6 is 0 Å². The minimum atomic E-state index is -1.25. The topological polar surface area (TPSA) is 108 Å². The number of quaternary nitrogens is 1. The van der Waals surface area contributed by atoms with Crippen molar-refractivity contribution >= 4 is 11.9 Å². The van der Waals surface area contributed by atoms with Gasteiger partial charge in [0.05, 0.1) is 5.97 Å². The molecule has 0 aliphatic carbocycles. The predicted molar refractivity (Wildman–Crippen MR) is 30.5 cm³/mol. The van der Waals surface area contributed by atoms with Crippen LogP contribution in [0.3, 0.4) is 0 Å². The molecule has 0 aromatic carbocycles. The lowest BCUT2D eigenvalue weighted by atomic mass is 10.1. The SMILES string of the molecule is [NH3+]C(CCCC(=O)[O-])C(=O)[O-]. The molecule has 0 rings (SSSR count). The zero-order valence-corrected chi connectivity index (χ0v) is 6.04. The fraction of sp³-hybridized carbons (Fsp3) is 0.667. The van der Waals surface area contributed by atoms with Crippen LogP contribution in [-0.4, -0.2) is 18.0 Å². The minimum Gasteiger partial charge on any atom is -0.550 e. The molecule has 11 heavy (non-hydrogen) atoms. The Hall–Kier alpha value is -1.10. The second-order valence-corrected chi connectivity index (χ2v) is 2.28. The largest absolute Gasteiger partial charge is 0.550 e. The number of carboxylic acids is 2. The van der Waals surface area contributed by atoms with Crippen molar-refractivity contribution in [3.05, 3.63) is 0 Å². The molecule has 0 saturated carbocycles. The molecule has 0 aromatic heterocycles. The zero-order chi connectivity index (χ0) is 8.85. The van der Waals surface area contributed by atoms with E-state index < -0.39 is 18.0 Å². The molecule has 1 unspecified atom stereocenters. The smallest absolute Gasteiger partial charge is 0.124 e. The molecule has 0 heterocycles. The molecule has 3 N–H and O–H groups in total. The summed E-state index contributed by atoms with van der Waals surface area (Å²) >= 11 is 0. The van der Waals surface area contributed by atoms with Crippen molar-refractivity contribution in [1.82, 2.24) is 0 Å². The highest BCUT2D eigenvalue weighted by Gasteiger charge is 2.05. The van der Waals surface area contributed by atoms with Gasteiger partial charge >= 0.3 is 0 Å². The summed E-state index contributed by atoms with van der Waals surface area (Å²) in [6, 6.07) is -0.825. The molecular formula is C6H10NO4-. The van der Waals surface area contributed by atoms with E-state index in [0.29, 0.717) is 0 Å². The molecule has 0 saturated heterocycles. The maximum atomic E-state index is 10.0. The van der Waals surface area contributed by atoms with Gasteiger partial charge in [0, 0.05) is 12.4 Å². The summed E-state index contributed by atoms with van der Waals surface area (Å²) < 4.78 is 0. The van der Waals surface area contributed by atoms with Gasteiger partial charge in [0.2, 0.25) is 0 Å². The standard InChI is InChI=1S/C6H11NO4/c7-4(6(10)11)2-1-3-5(8)9/h4H,1-3,7H2,(H,8,9)(H,10,11)/p-1. The van der Waals surface area contributed by atoms with Gasteiger partial charge in [-0.2, -0.15) is 0 Å². The lowest BCUT2D eigenvalue weighted by Gasteiger charge is -2.08. The fourth-order valence-corrected chi connectivity index (χ4v) is 0.611. The van der Waals surface area contributed by atoms with Crippen LogP contribution in [0.4, 0.5) is 0 Å². The molecular weight excluding hydrogens is 150 g/mol. The van der Waals surface area contributed by atoms with Crippen molar-refractivity contribution in [2.24, 2.45) is 0 Å². The maximum Gasteiger partial charge on any atom is 0.124 e. The normalized spacial score (nSPS) is 12.5. The van der Waals surface area contributed by atoms with Crippen LogP contribution in [-0.2, 0) is 9.59 Å². The Balaban J connectivity index is 3.39. The monoisotopic (exact) mass is 160 g/mol. The van der Waals surface area contributed by atoms with E-state index in [-0.39, 0.29) is 19.3 Å². The van der Waals surface area contributed by atoms with Crippen molar-refractivity contribution < 1.29 is 25.5 Å². The lowest BCUT2D eigenvalue weighted by molar-refractivity contribution is -0.438. The summed E-state index contributed by atoms with van der Waals surface area (Å²) in [5.74, 6) is -2.42. The third kappa shape index (κ3) is 5.35. The van der Waals surface area contributed by atoms with E-state index >= 15 is 0 Å². The zero-order valence-electron chi connectivity index (χ0n) is 6.04. The van der Waals surface area contributed by atoms with E-state index in [2.05, 4.69) is 5.73 Å². The van der Waals surface area contributed by atoms with E-state index in [9.17, 15) is 19.8 Å². The first-order valence-corrected chi connectivity index (χ1v) is 3.28. The van der Waals surface area contributed by atoms with Gasteiger partial charge in [0.25, 0.3) is 0 Å². The average Bonchev–Trinajstić information content (AvgIpc) is 1.86. The molecule has 5 nitrogen and oxygen atoms in total. The number of hydrogen-bond acceptors (Lipinski definition) is 4. The third-order valence-corrected chi connectivity index (χ3v) is 1.27. The molecule has 0 aliphatic heterocycles. The van der Waals surface area contributed by atoms with Crippen LogP contribution < -0.4 is 15.9 Å². The average molecular weight is 160 g/mol. The van der Waals surface area contributed by atoms with Gasteiger partial charge < -0.3 is 25.5 Å². The van der Waals surface area contributed by atoms with Crippen molar-refractivity contribution in [1.29, 1.82) is 0 Å². The lowest BCUT2D eigenvalue weighted by Crippen LogP contribution is -2.68. The Kier molecular flexibility index (Phi) is 4.21. The second kappa shape index (κ2) is 4.68. The quantitative estimate of drug-likeness (QED) is 0.446. The Labute approximate surface area is 63.8 Å². The van der Waals surface area contributed by atoms with Crippen molar-refractivity contribution in [3.63, 3.8) is 0 Å². The highest BCUT2D eigenvalue weighted by Crippen LogP contribution is 1.95. The third-order valence-electron chi connectivity index (χ3n) is 1.27. The summed E-state index contributed by atoms with van der Waals surface area (Å²) in [5, 5.41) is 19.9. The van der Waals surface area contributed by atoms with E-state index in [1.165, 1.54) is 0 Å². The van der Waals surface area contributed by atoms with Crippen LogP contribution in [0.25, 0.3) is 0 Å². The molecule has 0 fully saturated rings. The summed E-state index contributed by atoms with van der Waals surface area (Å²) in [4.78, 5) is 19.9. The number of aliphatic carboxylic acids is 2. The molecule has 0 radical (unpaired) electrons. The molecule has 0 spiro atoms. The van der Waals surface area contributed by atoms with Gasteiger partial charge in [0.15, 0.2) is 0 Å². The number of carbonyl (C=O) groups is 2. The molecule has 0 aliphatic rings. The number of hydrogen-bond donors (Lipinski definition) is 1. The Morgan fingerprint density at radius 1 is 1.36 bits per heavy atom. The number of rotatable bonds is 5. The minimum absolute atomic E-state index is 0.126. The van der Waals surface area contributed by atoms with Crippen molar-refractivity contribution in [2.45, 2.75) is 25.3 Å². The van der Waals surface area contributed by atoms with Gasteiger partial charge in [-0.15, -0.1) is 0 Å². The van der Waals surface area contributed by atoms with E-state index in [1.54, 1.807) is 0 Å². The molecule has 0 bridgehead atoms. The van der Waals surface area contributed by atoms with Gasteiger partial charge in [-0.3, -0.25) is 0 Å². The molecule has 5 heteroatoms. The van der Waals surface area contributed by atoms with Crippen molar-refractivity contribution in [3.8, 4) is 0 Å². The Bertz CT molecular complexity index is 157. The van der Waals surface area contributed by atoms with Crippen LogP contribution in [0.2, 0.25) is 0 Å². The van der Waals surface area contributed by atoms with Crippen LogP contribution in [0, 0.1) is 0 Å². The maximum absolute atomic E-state index is 10.0. The first kappa shape index (κ1) is 9.90. The summed E-state index contributed by atoms with van der Waals surface area (Å²) in [6.07, 6.45) is 0.361. The molecule has 64 valence electrons. The second-order valence-electron chi connectivity index (χ2n) is 2.28. The number of carboxylic acid groups (broad SMARTS) is 2. The van der Waals surface area contributed by atoms with Crippen LogP contribution in [0.1, 0.15) is 19.3 Å². The van der Waals surface area contributed by atoms with Crippen LogP contribution in [0.15, 0.2) is 0 Å². The van der Waals surface area contributed by atoms with Gasteiger partial charge in [0.1, 0.15) is 6.04 Å². The summed E-state index contributed by atoms with van der Waals surface area (Å²) in [7, 11) is 0. The van der Waals surface area contributed by atoms with Crippen LogP contribution in [0.5, 0.6) is 0 Å². The molecule has 0 aromatic rings. The molecule has 1 atom stereocenters. The summed E-state index contributed by atoms with van der Waals surface area (Å²) in [6.45, 7) is 0. The first-order valence-electron chi connectivity index (χ1n) is 3.28. The number of carbonyl (C=O) groups excluding carboxylic acids is 2. The molecule has 0 amide bonds.